The van der Waals surface area contributed by atoms with Gasteiger partial charge in [0.25, 0.3) is 0 Å². The molecule has 11 heavy (non-hydrogen) atoms. The Hall–Kier alpha value is 0.736. The van der Waals surface area contributed by atoms with Crippen LogP contribution in [-0.2, 0) is 0 Å². The molecule has 0 radical (unpaired) electrons. The maximum Gasteiger partial charge on any atom is 1.00 e. The fraction of sp³-hybridized carbons (Fsp3) is 0. The van der Waals surface area contributed by atoms with Crippen molar-refractivity contribution >= 4 is 21.9 Å². The van der Waals surface area contributed by atoms with E-state index in [9.17, 15) is 9.90 Å². The number of carbonyl (C=O) groups excluding carboxylic acids is 1. The van der Waals surface area contributed by atoms with Crippen LogP contribution in [0.1, 0.15) is 10.5 Å². The number of nitrogens with zero attached hydrogens (tertiary/aromatic N) is 1. The molecule has 0 N–H and O–H groups in total. The van der Waals surface area contributed by atoms with Crippen LogP contribution in [0.5, 0.6) is 0 Å². The number of hydrogen-bond donors (Lipinski definition) is 0. The summed E-state index contributed by atoms with van der Waals surface area (Å²) >= 11 is 3.10. The van der Waals surface area contributed by atoms with Crippen molar-refractivity contribution in [3.8, 4) is 0 Å². The molecule has 0 atom stereocenters. The number of hydrogen-bond acceptors (Lipinski definition) is 3. The third-order valence-corrected chi connectivity index (χ3v) is 1.42. The predicted molar refractivity (Wildman–Crippen MR) is 36.3 cm³/mol. The van der Waals surface area contributed by atoms with Crippen molar-refractivity contribution in [1.82, 2.24) is 4.98 Å². The predicted octanol–water partition coefficient (Wildman–Crippen LogP) is -2.79. The van der Waals surface area contributed by atoms with Gasteiger partial charge in [-0.3, -0.25) is 4.98 Å². The summed E-state index contributed by atoms with van der Waals surface area (Å²) in [4.78, 5) is 13.7. The number of rotatable bonds is 1. The van der Waals surface area contributed by atoms with Crippen LogP contribution in [0, 0.1) is 0 Å². The molecule has 1 rings (SSSR count). The molecule has 0 aliphatic rings. The smallest absolute Gasteiger partial charge is 0.543 e. The average Bonchev–Trinajstić information content (AvgIpc) is 1.88. The first-order valence-corrected chi connectivity index (χ1v) is 3.32. The molecule has 0 aliphatic carbocycles. The molecular weight excluding hydrogens is 237 g/mol. The second-order valence-electron chi connectivity index (χ2n) is 1.65. The molecule has 1 aromatic heterocycles. The molecule has 0 unspecified atom stereocenters. The number of carbonyl (C=O) groups is 1. The van der Waals surface area contributed by atoms with Crippen LogP contribution in [0.15, 0.2) is 22.8 Å². The number of halogens is 1. The second-order valence-corrected chi connectivity index (χ2v) is 2.56. The fourth-order valence-corrected chi connectivity index (χ4v) is 0.851. The van der Waals surface area contributed by atoms with Gasteiger partial charge in [-0.15, -0.1) is 0 Å². The summed E-state index contributed by atoms with van der Waals surface area (Å²) in [6.45, 7) is 0. The Morgan fingerprint density at radius 2 is 2.27 bits per heavy atom. The van der Waals surface area contributed by atoms with Crippen molar-refractivity contribution in [3.63, 3.8) is 0 Å². The summed E-state index contributed by atoms with van der Waals surface area (Å²) in [7, 11) is 0. The Labute approximate surface area is 115 Å². The molecule has 0 aliphatic heterocycles. The molecule has 0 fully saturated rings. The molecule has 0 amide bonds. The first kappa shape index (κ1) is 11.7. The van der Waals surface area contributed by atoms with E-state index in [-0.39, 0.29) is 57.1 Å². The largest absolute Gasteiger partial charge is 1.00 e. The van der Waals surface area contributed by atoms with Crippen LogP contribution < -0.4 is 56.5 Å². The maximum atomic E-state index is 10.2. The number of carboxylic acid groups (broad SMARTS) is 1. The molecule has 0 saturated carbocycles. The molecule has 0 bridgehead atoms. The van der Waals surface area contributed by atoms with Crippen molar-refractivity contribution in [3.05, 3.63) is 28.5 Å². The molecule has 3 nitrogen and oxygen atoms in total. The quantitative estimate of drug-likeness (QED) is 0.499. The van der Waals surface area contributed by atoms with Crippen LogP contribution in [0.4, 0.5) is 0 Å². The maximum absolute atomic E-state index is 10.2. The number of aromatic nitrogens is 1. The molecule has 0 spiro atoms. The van der Waals surface area contributed by atoms with Crippen LogP contribution in [0.3, 0.4) is 0 Å². The monoisotopic (exact) mass is 239 g/mol. The van der Waals surface area contributed by atoms with Crippen molar-refractivity contribution in [2.24, 2.45) is 0 Å². The number of pyridine rings is 1. The molecule has 52 valence electrons. The van der Waals surface area contributed by atoms with Crippen LogP contribution in [0.25, 0.3) is 0 Å². The van der Waals surface area contributed by atoms with Crippen molar-refractivity contribution < 1.29 is 61.3 Å². The second kappa shape index (κ2) is 5.39. The minimum atomic E-state index is -1.26. The van der Waals surface area contributed by atoms with Crippen LogP contribution >= 0.6 is 15.9 Å². The zero-order chi connectivity index (χ0) is 7.56. The van der Waals surface area contributed by atoms with E-state index in [2.05, 4.69) is 20.9 Å². The summed E-state index contributed by atoms with van der Waals surface area (Å²) in [5, 5.41) is 10.2. The van der Waals surface area contributed by atoms with Crippen molar-refractivity contribution in [2.45, 2.75) is 0 Å². The van der Waals surface area contributed by atoms with E-state index in [0.717, 1.165) is 0 Å². The van der Waals surface area contributed by atoms with E-state index >= 15 is 0 Å². The van der Waals surface area contributed by atoms with Crippen molar-refractivity contribution in [1.29, 1.82) is 0 Å². The van der Waals surface area contributed by atoms with Gasteiger partial charge in [-0.2, -0.15) is 0 Å². The van der Waals surface area contributed by atoms with Gasteiger partial charge in [0.15, 0.2) is 0 Å². The Morgan fingerprint density at radius 1 is 1.64 bits per heavy atom. The molecular formula is C6H3BrKNO2. The third kappa shape index (κ3) is 3.77. The van der Waals surface area contributed by atoms with Gasteiger partial charge in [0.1, 0.15) is 0 Å². The van der Waals surface area contributed by atoms with Crippen molar-refractivity contribution in [2.75, 3.05) is 0 Å². The van der Waals surface area contributed by atoms with Crippen LogP contribution in [0.2, 0.25) is 0 Å². The molecule has 1 aromatic rings. The Balaban J connectivity index is 0.000001000. The molecule has 5 heteroatoms. The zero-order valence-electron chi connectivity index (χ0n) is 5.87. The first-order chi connectivity index (χ1) is 4.70. The van der Waals surface area contributed by atoms with Crippen LogP contribution in [-0.4, -0.2) is 11.0 Å². The summed E-state index contributed by atoms with van der Waals surface area (Å²) < 4.78 is 0.682. The summed E-state index contributed by atoms with van der Waals surface area (Å²) in [5.41, 5.74) is -0.0608. The van der Waals surface area contributed by atoms with Gasteiger partial charge in [-0.25, -0.2) is 0 Å². The molecule has 1 heterocycles. The number of aromatic carboxylic acids is 1. The Kier molecular flexibility index (Phi) is 5.76. The van der Waals surface area contributed by atoms with Gasteiger partial charge in [0.05, 0.1) is 11.7 Å². The normalized spacial score (nSPS) is 8.45. The minimum Gasteiger partial charge on any atom is -0.543 e. The van der Waals surface area contributed by atoms with E-state index in [4.69, 9.17) is 0 Å². The average molecular weight is 240 g/mol. The Morgan fingerprint density at radius 3 is 2.64 bits per heavy atom. The Bertz CT molecular complexity index is 267. The van der Waals surface area contributed by atoms with Gasteiger partial charge >= 0.3 is 51.4 Å². The van der Waals surface area contributed by atoms with Gasteiger partial charge in [-0.05, 0) is 12.1 Å². The summed E-state index contributed by atoms with van der Waals surface area (Å²) in [6, 6.07) is 3.03. The van der Waals surface area contributed by atoms with E-state index in [1.807, 2.05) is 0 Å². The molecule has 0 saturated heterocycles. The van der Waals surface area contributed by atoms with Gasteiger partial charge in [0, 0.05) is 10.7 Å². The molecule has 0 aromatic carbocycles. The van der Waals surface area contributed by atoms with E-state index in [1.54, 1.807) is 6.07 Å². The van der Waals surface area contributed by atoms with Gasteiger partial charge in [-0.1, -0.05) is 15.9 Å². The van der Waals surface area contributed by atoms with E-state index in [1.165, 1.54) is 12.3 Å². The minimum absolute atomic E-state index is 0. The standard InChI is InChI=1S/C6H4BrNO2.K/c7-4-1-2-8-5(3-4)6(9)10;/h1-3H,(H,9,10);/q;+1/p-1. The van der Waals surface area contributed by atoms with E-state index in [0.29, 0.717) is 4.47 Å². The van der Waals surface area contributed by atoms with E-state index < -0.39 is 5.97 Å². The SMILES string of the molecule is O=C([O-])c1cc(Br)ccn1.[K+]. The topological polar surface area (TPSA) is 53.0 Å². The third-order valence-electron chi connectivity index (χ3n) is 0.931. The summed E-state index contributed by atoms with van der Waals surface area (Å²) in [5.74, 6) is -1.26. The first-order valence-electron chi connectivity index (χ1n) is 2.53. The summed E-state index contributed by atoms with van der Waals surface area (Å²) in [6.07, 6.45) is 1.40. The zero-order valence-corrected chi connectivity index (χ0v) is 10.6. The number of carboxylic acids is 1. The fourth-order valence-electron chi connectivity index (χ4n) is 0.516. The van der Waals surface area contributed by atoms with Gasteiger partial charge < -0.3 is 9.90 Å². The van der Waals surface area contributed by atoms with Gasteiger partial charge in [0.2, 0.25) is 0 Å².